The standard InChI is InChI=1S/C64H117F2NO6/c1-7-13-17-21-25-29-33-39-63(65,40-34-30-26-22-18-14-8-2)49-58(69)72-54-61-44-43-60(53-71-57(68)38-37-45-67(11-5)12-6)46-56(47-61)48-62(51-60,52-61)55-73-59(70)50-64(66,41-35-31-27-23-19-15-9-3)42-36-32-28-24-20-16-10-4/h56H,7-55H2,1-6H3. The number of hydrogen-bond donors (Lipinski definition) is 0. The Kier molecular flexibility index (Phi) is 33.3. The minimum absolute atomic E-state index is 0.159. The monoisotopic (exact) mass is 1030 g/mol. The minimum Gasteiger partial charge on any atom is -0.465 e. The molecular formula is C64H117F2NO6. The summed E-state index contributed by atoms with van der Waals surface area (Å²) in [5.41, 5.74) is -4.15. The Morgan fingerprint density at radius 3 is 1.07 bits per heavy atom. The van der Waals surface area contributed by atoms with Crippen molar-refractivity contribution in [2.24, 2.45) is 22.2 Å². The van der Waals surface area contributed by atoms with Gasteiger partial charge in [0.15, 0.2) is 0 Å². The van der Waals surface area contributed by atoms with E-state index in [0.717, 1.165) is 148 Å². The molecule has 4 rings (SSSR count). The number of esters is 3. The van der Waals surface area contributed by atoms with Gasteiger partial charge in [-0.15, -0.1) is 0 Å². The topological polar surface area (TPSA) is 82.1 Å². The van der Waals surface area contributed by atoms with E-state index in [1.54, 1.807) is 0 Å². The van der Waals surface area contributed by atoms with Gasteiger partial charge in [0, 0.05) is 22.7 Å². The normalized spacial score (nSPS) is 21.7. The maximum Gasteiger partial charge on any atom is 0.309 e. The van der Waals surface area contributed by atoms with Gasteiger partial charge < -0.3 is 19.1 Å². The molecule has 0 amide bonds. The van der Waals surface area contributed by atoms with E-state index in [0.29, 0.717) is 38.7 Å². The van der Waals surface area contributed by atoms with E-state index in [2.05, 4.69) is 46.4 Å². The molecule has 0 aliphatic heterocycles. The van der Waals surface area contributed by atoms with Crippen LogP contribution in [0, 0.1) is 22.2 Å². The van der Waals surface area contributed by atoms with Crippen LogP contribution in [0.15, 0.2) is 0 Å². The van der Waals surface area contributed by atoms with Gasteiger partial charge in [0.1, 0.15) is 11.3 Å². The Hall–Kier alpha value is -1.77. The summed E-state index contributed by atoms with van der Waals surface area (Å²) in [5, 5.41) is 0. The van der Waals surface area contributed by atoms with E-state index >= 15 is 8.78 Å². The zero-order valence-electron chi connectivity index (χ0n) is 48.9. The molecule has 4 unspecified atom stereocenters. The van der Waals surface area contributed by atoms with Crippen molar-refractivity contribution >= 4 is 17.9 Å². The van der Waals surface area contributed by atoms with Gasteiger partial charge in [-0.05, 0) is 103 Å². The summed E-state index contributed by atoms with van der Waals surface area (Å²) in [6.07, 6.45) is 39.2. The van der Waals surface area contributed by atoms with E-state index in [4.69, 9.17) is 14.2 Å². The highest BCUT2D eigenvalue weighted by Crippen LogP contribution is 2.67. The van der Waals surface area contributed by atoms with Gasteiger partial charge in [0.25, 0.3) is 0 Å². The van der Waals surface area contributed by atoms with Gasteiger partial charge in [0.05, 0.1) is 32.7 Å². The van der Waals surface area contributed by atoms with E-state index in [1.165, 1.54) is 103 Å². The number of alkyl halides is 2. The molecule has 0 spiro atoms. The van der Waals surface area contributed by atoms with Crippen molar-refractivity contribution in [1.29, 1.82) is 0 Å². The number of halogens is 2. The number of carbonyl (C=O) groups is 3. The van der Waals surface area contributed by atoms with E-state index < -0.39 is 28.7 Å². The second-order valence-corrected chi connectivity index (χ2v) is 25.1. The van der Waals surface area contributed by atoms with E-state index in [-0.39, 0.29) is 48.8 Å². The second kappa shape index (κ2) is 37.1. The molecule has 4 atom stereocenters. The molecule has 4 saturated carbocycles. The van der Waals surface area contributed by atoms with Crippen LogP contribution in [-0.2, 0) is 28.6 Å². The van der Waals surface area contributed by atoms with Crippen LogP contribution in [-0.4, -0.2) is 73.6 Å². The number of rotatable bonds is 48. The summed E-state index contributed by atoms with van der Waals surface area (Å²) in [5.74, 6) is -0.753. The van der Waals surface area contributed by atoms with Gasteiger partial charge in [-0.3, -0.25) is 14.4 Å². The Morgan fingerprint density at radius 2 is 0.726 bits per heavy atom. The number of unbranched alkanes of at least 4 members (excludes halogenated alkanes) is 24. The van der Waals surface area contributed by atoms with Crippen LogP contribution < -0.4 is 0 Å². The average molecular weight is 1030 g/mol. The molecule has 4 fully saturated rings. The largest absolute Gasteiger partial charge is 0.465 e. The van der Waals surface area contributed by atoms with Gasteiger partial charge in [-0.1, -0.05) is 221 Å². The van der Waals surface area contributed by atoms with Crippen LogP contribution in [0.25, 0.3) is 0 Å². The fourth-order valence-electron chi connectivity index (χ4n) is 14.0. The lowest BCUT2D eigenvalue weighted by atomic mass is 9.51. The maximum absolute atomic E-state index is 17.1. The first-order chi connectivity index (χ1) is 35.2. The third-order valence-electron chi connectivity index (χ3n) is 18.1. The molecule has 428 valence electrons. The van der Waals surface area contributed by atoms with Crippen LogP contribution in [0.1, 0.15) is 318 Å². The first-order valence-corrected chi connectivity index (χ1v) is 31.8. The summed E-state index contributed by atoms with van der Waals surface area (Å²) in [7, 11) is 0. The SMILES string of the molecule is CCCCCCCCCC(F)(CCCCCCCCC)CC(=O)OCC12CCC3(COC(=O)CCCN(CC)CC)CC(C1)CC(COC(=O)CC(F)(CCCCCCCCC)CCCCCCCCC)(C3)C2. The molecule has 4 aliphatic rings. The van der Waals surface area contributed by atoms with Gasteiger partial charge in [-0.2, -0.15) is 0 Å². The van der Waals surface area contributed by atoms with E-state index in [1.807, 2.05) is 0 Å². The maximum atomic E-state index is 17.1. The molecule has 9 heteroatoms. The molecule has 0 aromatic rings. The third-order valence-corrected chi connectivity index (χ3v) is 18.1. The Bertz CT molecular complexity index is 1420. The summed E-state index contributed by atoms with van der Waals surface area (Å²) >= 11 is 0. The summed E-state index contributed by atoms with van der Waals surface area (Å²) in [6.45, 7) is 16.7. The molecule has 73 heavy (non-hydrogen) atoms. The fourth-order valence-corrected chi connectivity index (χ4v) is 14.0. The molecule has 0 heterocycles. The lowest BCUT2D eigenvalue weighted by Crippen LogP contribution is -2.50. The van der Waals surface area contributed by atoms with Crippen LogP contribution in [0.2, 0.25) is 0 Å². The number of carbonyl (C=O) groups excluding carboxylic acids is 3. The Labute approximate surface area is 449 Å². The molecule has 7 nitrogen and oxygen atoms in total. The van der Waals surface area contributed by atoms with Crippen molar-refractivity contribution in [3.63, 3.8) is 0 Å². The zero-order chi connectivity index (χ0) is 53.2. The minimum atomic E-state index is -1.58. The number of nitrogens with zero attached hydrogens (tertiary/aromatic N) is 1. The van der Waals surface area contributed by atoms with Crippen LogP contribution >= 0.6 is 0 Å². The highest BCUT2D eigenvalue weighted by Gasteiger charge is 2.60. The van der Waals surface area contributed by atoms with Crippen LogP contribution in [0.4, 0.5) is 8.78 Å². The third kappa shape index (κ3) is 26.9. The van der Waals surface area contributed by atoms with E-state index in [9.17, 15) is 14.4 Å². The Morgan fingerprint density at radius 1 is 0.425 bits per heavy atom. The summed E-state index contributed by atoms with van der Waals surface area (Å²) in [6, 6.07) is 0. The first-order valence-electron chi connectivity index (χ1n) is 31.8. The predicted molar refractivity (Wildman–Crippen MR) is 300 cm³/mol. The molecule has 0 N–H and O–H groups in total. The number of ether oxygens (including phenoxy) is 3. The second-order valence-electron chi connectivity index (χ2n) is 25.1. The quantitative estimate of drug-likeness (QED) is 0.0341. The molecule has 4 aliphatic carbocycles. The highest BCUT2D eigenvalue weighted by molar-refractivity contribution is 5.71. The molecule has 0 aromatic heterocycles. The van der Waals surface area contributed by atoms with Gasteiger partial charge in [-0.25, -0.2) is 8.78 Å². The van der Waals surface area contributed by atoms with Crippen molar-refractivity contribution in [3.8, 4) is 0 Å². The van der Waals surface area contributed by atoms with Crippen LogP contribution in [0.5, 0.6) is 0 Å². The highest BCUT2D eigenvalue weighted by atomic mass is 19.1. The number of hydrogen-bond acceptors (Lipinski definition) is 7. The Balaban J connectivity index is 1.76. The van der Waals surface area contributed by atoms with Crippen LogP contribution in [0.3, 0.4) is 0 Å². The number of fused-ring (bicyclic) bond motifs is 1. The molecule has 0 aromatic carbocycles. The lowest BCUT2D eigenvalue weighted by Gasteiger charge is -2.54. The van der Waals surface area contributed by atoms with Crippen molar-refractivity contribution < 1.29 is 37.4 Å². The smallest absolute Gasteiger partial charge is 0.309 e. The molecular weight excluding hydrogens is 917 g/mol. The summed E-state index contributed by atoms with van der Waals surface area (Å²) < 4.78 is 52.9. The molecule has 4 bridgehead atoms. The fraction of sp³-hybridized carbons (Fsp3) is 0.953. The van der Waals surface area contributed by atoms with Crippen molar-refractivity contribution in [3.05, 3.63) is 0 Å². The van der Waals surface area contributed by atoms with Crippen molar-refractivity contribution in [1.82, 2.24) is 4.90 Å². The van der Waals surface area contributed by atoms with Crippen molar-refractivity contribution in [2.75, 3.05) is 39.5 Å². The summed E-state index contributed by atoms with van der Waals surface area (Å²) in [4.78, 5) is 43.6. The van der Waals surface area contributed by atoms with Crippen molar-refractivity contribution in [2.45, 2.75) is 329 Å². The first kappa shape index (κ1) is 65.5. The molecule has 0 saturated heterocycles. The van der Waals surface area contributed by atoms with Gasteiger partial charge >= 0.3 is 17.9 Å². The predicted octanol–water partition coefficient (Wildman–Crippen LogP) is 18.8. The lowest BCUT2D eigenvalue weighted by molar-refractivity contribution is -0.165. The molecule has 0 radical (unpaired) electrons. The van der Waals surface area contributed by atoms with Gasteiger partial charge in [0.2, 0.25) is 0 Å². The zero-order valence-corrected chi connectivity index (χ0v) is 48.9. The average Bonchev–Trinajstić information content (AvgIpc) is 3.54.